The van der Waals surface area contributed by atoms with Gasteiger partial charge in [-0.05, 0) is 55.7 Å². The van der Waals surface area contributed by atoms with Crippen LogP contribution in [0.1, 0.15) is 53.1 Å². The van der Waals surface area contributed by atoms with E-state index in [4.69, 9.17) is 20.8 Å². The molecule has 0 unspecified atom stereocenters. The van der Waals surface area contributed by atoms with Crippen LogP contribution in [0.2, 0.25) is 5.02 Å². The Morgan fingerprint density at radius 2 is 2.00 bits per heavy atom. The number of anilines is 1. The first-order valence-corrected chi connectivity index (χ1v) is 10.8. The zero-order chi connectivity index (χ0) is 23.3. The molecule has 0 aliphatic heterocycles. The molecular weight excluding hydrogens is 432 g/mol. The first-order valence-electron chi connectivity index (χ1n) is 10.4. The molecule has 0 radical (unpaired) electrons. The zero-order valence-electron chi connectivity index (χ0n) is 18.6. The lowest BCUT2D eigenvalue weighted by Gasteiger charge is -2.08. The van der Waals surface area contributed by atoms with Gasteiger partial charge in [-0.25, -0.2) is 0 Å². The highest BCUT2D eigenvalue weighted by atomic mass is 35.5. The molecule has 0 saturated carbocycles. The van der Waals surface area contributed by atoms with E-state index in [9.17, 15) is 9.59 Å². The van der Waals surface area contributed by atoms with E-state index in [1.54, 1.807) is 35.1 Å². The summed E-state index contributed by atoms with van der Waals surface area (Å²) in [6, 6.07) is 8.57. The zero-order valence-corrected chi connectivity index (χ0v) is 19.3. The maximum atomic E-state index is 12.7. The number of furan rings is 1. The monoisotopic (exact) mass is 458 g/mol. The summed E-state index contributed by atoms with van der Waals surface area (Å²) in [4.78, 5) is 25.2. The molecule has 32 heavy (non-hydrogen) atoms. The van der Waals surface area contributed by atoms with Crippen molar-refractivity contribution in [3.8, 4) is 5.75 Å². The van der Waals surface area contributed by atoms with Crippen molar-refractivity contribution in [2.45, 2.75) is 40.8 Å². The predicted octanol–water partition coefficient (Wildman–Crippen LogP) is 4.67. The van der Waals surface area contributed by atoms with Crippen molar-refractivity contribution >= 4 is 29.1 Å². The Labute approximate surface area is 191 Å². The molecule has 0 fully saturated rings. The van der Waals surface area contributed by atoms with Crippen LogP contribution < -0.4 is 15.4 Å². The first-order chi connectivity index (χ1) is 15.3. The summed E-state index contributed by atoms with van der Waals surface area (Å²) in [5.74, 6) is 0.755. The smallest absolute Gasteiger partial charge is 0.291 e. The van der Waals surface area contributed by atoms with Gasteiger partial charge >= 0.3 is 0 Å². The molecule has 170 valence electrons. The van der Waals surface area contributed by atoms with E-state index in [1.165, 1.54) is 0 Å². The van der Waals surface area contributed by atoms with Crippen molar-refractivity contribution in [3.05, 3.63) is 64.3 Å². The number of amides is 2. The summed E-state index contributed by atoms with van der Waals surface area (Å²) in [5.41, 5.74) is 1.39. The van der Waals surface area contributed by atoms with E-state index < -0.39 is 5.91 Å². The second kappa shape index (κ2) is 10.4. The number of ether oxygens (including phenoxy) is 1. The van der Waals surface area contributed by atoms with Crippen molar-refractivity contribution in [3.63, 3.8) is 0 Å². The van der Waals surface area contributed by atoms with Crippen LogP contribution in [0.5, 0.6) is 5.75 Å². The maximum absolute atomic E-state index is 12.7. The predicted molar refractivity (Wildman–Crippen MR) is 122 cm³/mol. The third-order valence-electron chi connectivity index (χ3n) is 4.61. The average Bonchev–Trinajstić information content (AvgIpc) is 3.38. The standard InChI is InChI=1S/C23H27ClN4O4/c1-5-28-12-18(21(27-28)23(30)25-11-14(2)3)26-22(29)20-9-7-17(32-20)13-31-19-8-6-16(24)10-15(19)4/h6-10,12,14H,5,11,13H2,1-4H3,(H,25,30)(H,26,29). The molecule has 3 rings (SSSR count). The molecule has 0 aliphatic carbocycles. The molecule has 0 saturated heterocycles. The van der Waals surface area contributed by atoms with Crippen LogP contribution >= 0.6 is 11.6 Å². The van der Waals surface area contributed by atoms with E-state index >= 15 is 0 Å². The summed E-state index contributed by atoms with van der Waals surface area (Å²) >= 11 is 5.96. The second-order valence-electron chi connectivity index (χ2n) is 7.77. The number of carbonyl (C=O) groups excluding carboxylic acids is 2. The summed E-state index contributed by atoms with van der Waals surface area (Å²) in [7, 11) is 0. The Hall–Kier alpha value is -3.26. The first kappa shape index (κ1) is 23.4. The SMILES string of the molecule is CCn1cc(NC(=O)c2ccc(COc3ccc(Cl)cc3C)o2)c(C(=O)NCC(C)C)n1. The summed E-state index contributed by atoms with van der Waals surface area (Å²) in [6.45, 7) is 9.03. The molecular formula is C23H27ClN4O4. The summed E-state index contributed by atoms with van der Waals surface area (Å²) < 4.78 is 13.0. The van der Waals surface area contributed by atoms with Crippen LogP contribution in [0.25, 0.3) is 0 Å². The molecule has 3 aromatic rings. The van der Waals surface area contributed by atoms with Gasteiger partial charge in [-0.3, -0.25) is 14.3 Å². The van der Waals surface area contributed by atoms with Crippen LogP contribution in [0.15, 0.2) is 40.9 Å². The molecule has 2 amide bonds. The van der Waals surface area contributed by atoms with Gasteiger partial charge < -0.3 is 19.8 Å². The summed E-state index contributed by atoms with van der Waals surface area (Å²) in [5, 5.41) is 10.4. The lowest BCUT2D eigenvalue weighted by atomic mass is 10.2. The van der Waals surface area contributed by atoms with Crippen molar-refractivity contribution in [1.29, 1.82) is 0 Å². The Kier molecular flexibility index (Phi) is 7.58. The van der Waals surface area contributed by atoms with Crippen LogP contribution in [0.3, 0.4) is 0 Å². The van der Waals surface area contributed by atoms with Crippen LogP contribution in [-0.2, 0) is 13.2 Å². The van der Waals surface area contributed by atoms with Crippen molar-refractivity contribution in [1.82, 2.24) is 15.1 Å². The third kappa shape index (κ3) is 5.91. The molecule has 9 heteroatoms. The largest absolute Gasteiger partial charge is 0.485 e. The minimum Gasteiger partial charge on any atom is -0.485 e. The fraction of sp³-hybridized carbons (Fsp3) is 0.348. The van der Waals surface area contributed by atoms with Crippen LogP contribution in [0.4, 0.5) is 5.69 Å². The van der Waals surface area contributed by atoms with Gasteiger partial charge in [-0.2, -0.15) is 5.10 Å². The second-order valence-corrected chi connectivity index (χ2v) is 8.21. The number of aryl methyl sites for hydroxylation is 2. The molecule has 0 spiro atoms. The van der Waals surface area contributed by atoms with Gasteiger partial charge in [0.1, 0.15) is 18.1 Å². The lowest BCUT2D eigenvalue weighted by Crippen LogP contribution is -2.28. The minimum absolute atomic E-state index is 0.106. The number of aromatic nitrogens is 2. The van der Waals surface area contributed by atoms with Crippen molar-refractivity contribution in [2.75, 3.05) is 11.9 Å². The maximum Gasteiger partial charge on any atom is 0.291 e. The molecule has 0 bridgehead atoms. The third-order valence-corrected chi connectivity index (χ3v) is 4.85. The molecule has 0 aliphatic rings. The Balaban J connectivity index is 1.67. The van der Waals surface area contributed by atoms with Crippen molar-refractivity contribution in [2.24, 2.45) is 5.92 Å². The van der Waals surface area contributed by atoms with E-state index in [0.717, 1.165) is 5.56 Å². The Morgan fingerprint density at radius 1 is 1.22 bits per heavy atom. The minimum atomic E-state index is -0.479. The lowest BCUT2D eigenvalue weighted by molar-refractivity contribution is 0.0944. The fourth-order valence-corrected chi connectivity index (χ4v) is 3.13. The van der Waals surface area contributed by atoms with E-state index in [-0.39, 0.29) is 24.0 Å². The van der Waals surface area contributed by atoms with E-state index in [1.807, 2.05) is 33.8 Å². The number of carbonyl (C=O) groups is 2. The molecule has 2 aromatic heterocycles. The molecule has 1 aromatic carbocycles. The Bertz CT molecular complexity index is 1100. The number of nitrogens with zero attached hydrogens (tertiary/aromatic N) is 2. The highest BCUT2D eigenvalue weighted by Crippen LogP contribution is 2.23. The number of benzene rings is 1. The highest BCUT2D eigenvalue weighted by molar-refractivity contribution is 6.30. The molecule has 2 heterocycles. The van der Waals surface area contributed by atoms with E-state index in [0.29, 0.717) is 41.2 Å². The van der Waals surface area contributed by atoms with E-state index in [2.05, 4.69) is 15.7 Å². The highest BCUT2D eigenvalue weighted by Gasteiger charge is 2.20. The van der Waals surface area contributed by atoms with Crippen LogP contribution in [-0.4, -0.2) is 28.1 Å². The van der Waals surface area contributed by atoms with Crippen molar-refractivity contribution < 1.29 is 18.7 Å². The van der Waals surface area contributed by atoms with Crippen LogP contribution in [0, 0.1) is 12.8 Å². The number of halogens is 1. The van der Waals surface area contributed by atoms with Gasteiger partial charge in [0.05, 0.1) is 5.69 Å². The van der Waals surface area contributed by atoms with Gasteiger partial charge in [0.2, 0.25) is 0 Å². The molecule has 0 atom stereocenters. The van der Waals surface area contributed by atoms with Gasteiger partial charge in [0, 0.05) is 24.3 Å². The van der Waals surface area contributed by atoms with Gasteiger partial charge in [0.25, 0.3) is 11.8 Å². The normalized spacial score (nSPS) is 10.9. The van der Waals surface area contributed by atoms with Gasteiger partial charge in [0.15, 0.2) is 11.5 Å². The van der Waals surface area contributed by atoms with Gasteiger partial charge in [-0.15, -0.1) is 0 Å². The number of nitrogens with one attached hydrogen (secondary N) is 2. The molecule has 2 N–H and O–H groups in total. The average molecular weight is 459 g/mol. The topological polar surface area (TPSA) is 98.4 Å². The number of hydrogen-bond acceptors (Lipinski definition) is 5. The fourth-order valence-electron chi connectivity index (χ4n) is 2.91. The number of hydrogen-bond donors (Lipinski definition) is 2. The molecule has 8 nitrogen and oxygen atoms in total. The quantitative estimate of drug-likeness (QED) is 0.485. The summed E-state index contributed by atoms with van der Waals surface area (Å²) in [6.07, 6.45) is 1.62. The van der Waals surface area contributed by atoms with Gasteiger partial charge in [-0.1, -0.05) is 25.4 Å². The Morgan fingerprint density at radius 3 is 2.69 bits per heavy atom. The number of rotatable bonds is 9.